The van der Waals surface area contributed by atoms with Crippen LogP contribution in [0.25, 0.3) is 0 Å². The molecule has 0 aromatic carbocycles. The van der Waals surface area contributed by atoms with Crippen molar-refractivity contribution in [2.75, 3.05) is 0 Å². The van der Waals surface area contributed by atoms with E-state index in [9.17, 15) is 4.79 Å². The van der Waals surface area contributed by atoms with Gasteiger partial charge in [-0.15, -0.1) is 0 Å². The molecule has 0 bridgehead atoms. The maximum atomic E-state index is 15.8. The summed E-state index contributed by atoms with van der Waals surface area (Å²) in [5.41, 5.74) is 0.375. The Labute approximate surface area is 124 Å². The molecule has 0 radical (unpaired) electrons. The SMILES string of the molecule is CC(=O)[C@]12CCCC[C@H]1C[C@@H]([Si](F)(C(C)C)C(C)C)C2. The highest BCUT2D eigenvalue weighted by Crippen LogP contribution is 2.62. The molecular weight excluding hydrogens is 267 g/mol. The van der Waals surface area contributed by atoms with Gasteiger partial charge in [0.1, 0.15) is 5.78 Å². The molecule has 2 aliphatic rings. The largest absolute Gasteiger partial charge is 0.313 e. The normalized spacial score (nSPS) is 34.6. The molecule has 2 fully saturated rings. The minimum atomic E-state index is -2.80. The van der Waals surface area contributed by atoms with Gasteiger partial charge in [0.2, 0.25) is 0 Å². The van der Waals surface area contributed by atoms with E-state index in [0.717, 1.165) is 32.1 Å². The zero-order valence-electron chi connectivity index (χ0n) is 13.8. The van der Waals surface area contributed by atoms with E-state index in [0.29, 0.717) is 11.7 Å². The molecule has 0 heterocycles. The molecule has 20 heavy (non-hydrogen) atoms. The zero-order chi connectivity index (χ0) is 15.1. The molecule has 0 N–H and O–H groups in total. The molecule has 116 valence electrons. The van der Waals surface area contributed by atoms with Crippen LogP contribution in [-0.4, -0.2) is 14.2 Å². The number of Topliss-reactive ketones (excluding diaryl/α,β-unsaturated/α-hetero) is 1. The number of halogens is 1. The van der Waals surface area contributed by atoms with Gasteiger partial charge in [-0.05, 0) is 55.1 Å². The molecule has 0 aliphatic heterocycles. The molecule has 1 nitrogen and oxygen atoms in total. The highest BCUT2D eigenvalue weighted by atomic mass is 28.4. The molecule has 3 atom stereocenters. The van der Waals surface area contributed by atoms with Crippen molar-refractivity contribution in [2.45, 2.75) is 89.8 Å². The first-order valence-electron chi connectivity index (χ1n) is 8.45. The van der Waals surface area contributed by atoms with Crippen molar-refractivity contribution in [3.05, 3.63) is 0 Å². The maximum absolute atomic E-state index is 15.8. The van der Waals surface area contributed by atoms with Gasteiger partial charge in [-0.2, -0.15) is 0 Å². The smallest absolute Gasteiger partial charge is 0.255 e. The van der Waals surface area contributed by atoms with Crippen molar-refractivity contribution < 1.29 is 8.90 Å². The lowest BCUT2D eigenvalue weighted by molar-refractivity contribution is -0.130. The molecule has 2 saturated carbocycles. The van der Waals surface area contributed by atoms with Gasteiger partial charge in [-0.3, -0.25) is 4.79 Å². The van der Waals surface area contributed by atoms with E-state index in [1.54, 1.807) is 6.92 Å². The van der Waals surface area contributed by atoms with Gasteiger partial charge < -0.3 is 4.11 Å². The number of rotatable bonds is 4. The fourth-order valence-corrected chi connectivity index (χ4v) is 9.89. The molecular formula is C17H31FOSi. The van der Waals surface area contributed by atoms with Crippen LogP contribution < -0.4 is 0 Å². The van der Waals surface area contributed by atoms with Crippen LogP contribution in [0, 0.1) is 11.3 Å². The number of carbonyl (C=O) groups is 1. The summed E-state index contributed by atoms with van der Waals surface area (Å²) in [7, 11) is -2.80. The predicted octanol–water partition coefficient (Wildman–Crippen LogP) is 5.65. The first-order valence-corrected chi connectivity index (χ1v) is 10.6. The van der Waals surface area contributed by atoms with Gasteiger partial charge in [-0.25, -0.2) is 0 Å². The average molecular weight is 299 g/mol. The Hall–Kier alpha value is -0.183. The number of hydrogen-bond acceptors (Lipinski definition) is 1. The van der Waals surface area contributed by atoms with Crippen LogP contribution in [0.2, 0.25) is 16.6 Å². The summed E-state index contributed by atoms with van der Waals surface area (Å²) in [6.07, 6.45) is 6.40. The summed E-state index contributed by atoms with van der Waals surface area (Å²) in [6.45, 7) is 10.0. The first-order chi connectivity index (χ1) is 9.25. The molecule has 0 spiro atoms. The van der Waals surface area contributed by atoms with Crippen LogP contribution in [0.1, 0.15) is 73.1 Å². The van der Waals surface area contributed by atoms with E-state index in [-0.39, 0.29) is 22.0 Å². The summed E-state index contributed by atoms with van der Waals surface area (Å²) in [5, 5.41) is 0. The third-order valence-corrected chi connectivity index (χ3v) is 11.7. The fraction of sp³-hybridized carbons (Fsp3) is 0.941. The molecule has 0 saturated heterocycles. The Morgan fingerprint density at radius 1 is 1.20 bits per heavy atom. The van der Waals surface area contributed by atoms with Gasteiger partial charge >= 0.3 is 0 Å². The third kappa shape index (κ3) is 2.30. The summed E-state index contributed by atoms with van der Waals surface area (Å²) in [4.78, 5) is 12.3. The number of ketones is 1. The van der Waals surface area contributed by atoms with Crippen molar-refractivity contribution in [1.29, 1.82) is 0 Å². The molecule has 3 heteroatoms. The van der Waals surface area contributed by atoms with E-state index < -0.39 is 8.41 Å². The Balaban J connectivity index is 2.31. The molecule has 2 aliphatic carbocycles. The summed E-state index contributed by atoms with van der Waals surface area (Å²) in [5.74, 6) is 0.812. The van der Waals surface area contributed by atoms with Crippen LogP contribution in [0.4, 0.5) is 4.11 Å². The van der Waals surface area contributed by atoms with Gasteiger partial charge in [-0.1, -0.05) is 40.5 Å². The first kappa shape index (κ1) is 16.2. The molecule has 0 aromatic rings. The Morgan fingerprint density at radius 2 is 1.80 bits per heavy atom. The molecule has 0 unspecified atom stereocenters. The van der Waals surface area contributed by atoms with E-state index >= 15 is 4.11 Å². The van der Waals surface area contributed by atoms with Crippen LogP contribution in [-0.2, 0) is 4.79 Å². The lowest BCUT2D eigenvalue weighted by Crippen LogP contribution is -2.41. The van der Waals surface area contributed by atoms with Crippen molar-refractivity contribution >= 4 is 14.2 Å². The topological polar surface area (TPSA) is 17.1 Å². The second-order valence-electron chi connectivity index (χ2n) is 7.93. The third-order valence-electron chi connectivity index (χ3n) is 6.48. The van der Waals surface area contributed by atoms with Crippen molar-refractivity contribution in [1.82, 2.24) is 0 Å². The quantitative estimate of drug-likeness (QED) is 0.484. The van der Waals surface area contributed by atoms with Crippen LogP contribution in [0.5, 0.6) is 0 Å². The molecule has 2 rings (SSSR count). The van der Waals surface area contributed by atoms with Crippen molar-refractivity contribution in [3.8, 4) is 0 Å². The predicted molar refractivity (Wildman–Crippen MR) is 85.1 cm³/mol. The Bertz CT molecular complexity index is 371. The van der Waals surface area contributed by atoms with E-state index in [2.05, 4.69) is 27.7 Å². The summed E-state index contributed by atoms with van der Waals surface area (Å²) in [6, 6.07) is 0. The highest BCUT2D eigenvalue weighted by Gasteiger charge is 2.59. The lowest BCUT2D eigenvalue weighted by atomic mass is 9.66. The number of fused-ring (bicyclic) bond motifs is 1. The monoisotopic (exact) mass is 298 g/mol. The average Bonchev–Trinajstić information content (AvgIpc) is 2.78. The van der Waals surface area contributed by atoms with Crippen molar-refractivity contribution in [3.63, 3.8) is 0 Å². The molecule has 0 amide bonds. The zero-order valence-corrected chi connectivity index (χ0v) is 14.8. The van der Waals surface area contributed by atoms with E-state index in [1.807, 2.05) is 0 Å². The van der Waals surface area contributed by atoms with Crippen molar-refractivity contribution in [2.24, 2.45) is 11.3 Å². The number of hydrogen-bond donors (Lipinski definition) is 0. The lowest BCUT2D eigenvalue weighted by Gasteiger charge is -2.38. The van der Waals surface area contributed by atoms with Gasteiger partial charge in [0.15, 0.2) is 0 Å². The van der Waals surface area contributed by atoms with Gasteiger partial charge in [0.25, 0.3) is 8.41 Å². The van der Waals surface area contributed by atoms with Crippen LogP contribution in [0.15, 0.2) is 0 Å². The van der Waals surface area contributed by atoms with E-state index in [4.69, 9.17) is 0 Å². The Kier molecular flexibility index (Phi) is 4.49. The maximum Gasteiger partial charge on any atom is 0.255 e. The fourth-order valence-electron chi connectivity index (χ4n) is 5.34. The number of carbonyl (C=O) groups excluding carboxylic acids is 1. The van der Waals surface area contributed by atoms with Gasteiger partial charge in [0.05, 0.1) is 0 Å². The van der Waals surface area contributed by atoms with Crippen LogP contribution in [0.3, 0.4) is 0 Å². The standard InChI is InChI=1S/C17H31FOSi/c1-12(2)20(18,13(3)4)16-10-15-8-6-7-9-17(15,11-16)14(5)19/h12-13,15-16H,6-11H2,1-5H3/t15-,16+,17+/m0/s1. The second kappa shape index (κ2) is 5.55. The summed E-state index contributed by atoms with van der Waals surface area (Å²) >= 11 is 0. The Morgan fingerprint density at radius 3 is 2.25 bits per heavy atom. The minimum absolute atomic E-state index is 0.156. The highest BCUT2D eigenvalue weighted by molar-refractivity contribution is 6.77. The molecule has 0 aromatic heterocycles. The minimum Gasteiger partial charge on any atom is -0.313 e. The summed E-state index contributed by atoms with van der Waals surface area (Å²) < 4.78 is 15.8. The van der Waals surface area contributed by atoms with E-state index in [1.165, 1.54) is 6.42 Å². The second-order valence-corrected chi connectivity index (χ2v) is 12.7. The van der Waals surface area contributed by atoms with Crippen LogP contribution >= 0.6 is 0 Å². The van der Waals surface area contributed by atoms with Gasteiger partial charge in [0, 0.05) is 5.41 Å².